The SMILES string of the molecule is Cc1ccc(OCC(=O)NCCOc2cc(C)cc(C)c2)cc1. The standard InChI is InChI=1S/C19H23NO3/c1-14-4-6-17(7-5-14)23-13-19(21)20-8-9-22-18-11-15(2)10-16(3)12-18/h4-7,10-12H,8-9,13H2,1-3H3,(H,20,21). The van der Waals surface area contributed by atoms with Crippen molar-refractivity contribution in [3.05, 3.63) is 59.2 Å². The lowest BCUT2D eigenvalue weighted by molar-refractivity contribution is -0.123. The zero-order valence-electron chi connectivity index (χ0n) is 13.9. The highest BCUT2D eigenvalue weighted by atomic mass is 16.5. The fraction of sp³-hybridized carbons (Fsp3) is 0.316. The summed E-state index contributed by atoms with van der Waals surface area (Å²) < 4.78 is 11.1. The van der Waals surface area contributed by atoms with Crippen molar-refractivity contribution in [3.63, 3.8) is 0 Å². The first-order valence-corrected chi connectivity index (χ1v) is 7.70. The second-order valence-electron chi connectivity index (χ2n) is 5.62. The molecule has 0 heterocycles. The molecular formula is C19H23NO3. The number of benzene rings is 2. The van der Waals surface area contributed by atoms with Crippen LogP contribution < -0.4 is 14.8 Å². The van der Waals surface area contributed by atoms with E-state index < -0.39 is 0 Å². The van der Waals surface area contributed by atoms with E-state index in [4.69, 9.17) is 9.47 Å². The molecule has 0 saturated heterocycles. The van der Waals surface area contributed by atoms with Gasteiger partial charge in [0.05, 0.1) is 6.54 Å². The fourth-order valence-corrected chi connectivity index (χ4v) is 2.21. The first kappa shape index (κ1) is 16.9. The molecule has 0 unspecified atom stereocenters. The van der Waals surface area contributed by atoms with Gasteiger partial charge in [-0.1, -0.05) is 23.8 Å². The smallest absolute Gasteiger partial charge is 0.258 e. The molecule has 0 bridgehead atoms. The minimum atomic E-state index is -0.158. The van der Waals surface area contributed by atoms with Crippen LogP contribution in [-0.2, 0) is 4.79 Å². The van der Waals surface area contributed by atoms with Gasteiger partial charge >= 0.3 is 0 Å². The summed E-state index contributed by atoms with van der Waals surface area (Å²) in [6, 6.07) is 13.7. The number of nitrogens with one attached hydrogen (secondary N) is 1. The first-order valence-electron chi connectivity index (χ1n) is 7.70. The zero-order valence-corrected chi connectivity index (χ0v) is 13.9. The molecule has 0 spiro atoms. The lowest BCUT2D eigenvalue weighted by atomic mass is 10.1. The lowest BCUT2D eigenvalue weighted by Gasteiger charge is -2.10. The van der Waals surface area contributed by atoms with Crippen LogP contribution in [0.3, 0.4) is 0 Å². The molecule has 0 aliphatic carbocycles. The molecule has 0 saturated carbocycles. The Hall–Kier alpha value is -2.49. The van der Waals surface area contributed by atoms with Gasteiger partial charge in [0.1, 0.15) is 18.1 Å². The van der Waals surface area contributed by atoms with Gasteiger partial charge in [0.2, 0.25) is 0 Å². The third-order valence-corrected chi connectivity index (χ3v) is 3.28. The van der Waals surface area contributed by atoms with E-state index in [1.807, 2.05) is 57.2 Å². The van der Waals surface area contributed by atoms with E-state index in [1.165, 1.54) is 0 Å². The minimum Gasteiger partial charge on any atom is -0.492 e. The maximum Gasteiger partial charge on any atom is 0.258 e. The van der Waals surface area contributed by atoms with Gasteiger partial charge < -0.3 is 14.8 Å². The quantitative estimate of drug-likeness (QED) is 0.799. The van der Waals surface area contributed by atoms with Crippen LogP contribution in [0.4, 0.5) is 0 Å². The van der Waals surface area contributed by atoms with Gasteiger partial charge in [0.25, 0.3) is 5.91 Å². The van der Waals surface area contributed by atoms with Crippen molar-refractivity contribution in [2.75, 3.05) is 19.8 Å². The van der Waals surface area contributed by atoms with Crippen molar-refractivity contribution in [1.29, 1.82) is 0 Å². The Morgan fingerprint density at radius 1 is 0.870 bits per heavy atom. The van der Waals surface area contributed by atoms with Gasteiger partial charge in [0, 0.05) is 0 Å². The molecule has 0 radical (unpaired) electrons. The third kappa shape index (κ3) is 6.02. The molecule has 122 valence electrons. The molecule has 23 heavy (non-hydrogen) atoms. The summed E-state index contributed by atoms with van der Waals surface area (Å²) in [6.07, 6.45) is 0. The number of rotatable bonds is 7. The fourth-order valence-electron chi connectivity index (χ4n) is 2.21. The van der Waals surface area contributed by atoms with E-state index >= 15 is 0 Å². The van der Waals surface area contributed by atoms with Crippen LogP contribution in [0, 0.1) is 20.8 Å². The number of ether oxygens (including phenoxy) is 2. The molecule has 0 aromatic heterocycles. The van der Waals surface area contributed by atoms with Crippen LogP contribution in [-0.4, -0.2) is 25.7 Å². The summed E-state index contributed by atoms with van der Waals surface area (Å²) in [7, 11) is 0. The Balaban J connectivity index is 1.65. The Morgan fingerprint density at radius 2 is 1.52 bits per heavy atom. The van der Waals surface area contributed by atoms with Gasteiger partial charge in [-0.25, -0.2) is 0 Å². The molecule has 4 heteroatoms. The van der Waals surface area contributed by atoms with E-state index in [1.54, 1.807) is 0 Å². The summed E-state index contributed by atoms with van der Waals surface area (Å²) >= 11 is 0. The average Bonchev–Trinajstić information content (AvgIpc) is 2.50. The molecule has 2 aromatic carbocycles. The van der Waals surface area contributed by atoms with Crippen molar-refractivity contribution in [1.82, 2.24) is 5.32 Å². The van der Waals surface area contributed by atoms with E-state index in [9.17, 15) is 4.79 Å². The number of hydrogen-bond acceptors (Lipinski definition) is 3. The summed E-state index contributed by atoms with van der Waals surface area (Å²) in [4.78, 5) is 11.7. The highest BCUT2D eigenvalue weighted by molar-refractivity contribution is 5.77. The van der Waals surface area contributed by atoms with Crippen molar-refractivity contribution >= 4 is 5.91 Å². The largest absolute Gasteiger partial charge is 0.492 e. The topological polar surface area (TPSA) is 47.6 Å². The van der Waals surface area contributed by atoms with Gasteiger partial charge in [0.15, 0.2) is 6.61 Å². The first-order chi connectivity index (χ1) is 11.0. The van der Waals surface area contributed by atoms with Gasteiger partial charge in [-0.2, -0.15) is 0 Å². The molecular weight excluding hydrogens is 290 g/mol. The van der Waals surface area contributed by atoms with Crippen molar-refractivity contribution in [3.8, 4) is 11.5 Å². The third-order valence-electron chi connectivity index (χ3n) is 3.28. The Morgan fingerprint density at radius 3 is 2.17 bits per heavy atom. The highest BCUT2D eigenvalue weighted by Crippen LogP contribution is 2.15. The second kappa shape index (κ2) is 8.22. The predicted molar refractivity (Wildman–Crippen MR) is 91.1 cm³/mol. The Kier molecular flexibility index (Phi) is 6.03. The summed E-state index contributed by atoms with van der Waals surface area (Å²) in [6.45, 7) is 6.95. The maximum absolute atomic E-state index is 11.7. The molecule has 1 amide bonds. The molecule has 2 aromatic rings. The van der Waals surface area contributed by atoms with Crippen LogP contribution >= 0.6 is 0 Å². The Labute approximate surface area is 137 Å². The second-order valence-corrected chi connectivity index (χ2v) is 5.62. The van der Waals surface area contributed by atoms with Crippen molar-refractivity contribution in [2.45, 2.75) is 20.8 Å². The van der Waals surface area contributed by atoms with E-state index in [-0.39, 0.29) is 12.5 Å². The monoisotopic (exact) mass is 313 g/mol. The zero-order chi connectivity index (χ0) is 16.7. The highest BCUT2D eigenvalue weighted by Gasteiger charge is 2.03. The van der Waals surface area contributed by atoms with Gasteiger partial charge in [-0.15, -0.1) is 0 Å². The predicted octanol–water partition coefficient (Wildman–Crippen LogP) is 3.19. The minimum absolute atomic E-state index is 0.00656. The van der Waals surface area contributed by atoms with Crippen LogP contribution in [0.5, 0.6) is 11.5 Å². The van der Waals surface area contributed by atoms with E-state index in [2.05, 4.69) is 11.4 Å². The van der Waals surface area contributed by atoms with Gasteiger partial charge in [-0.3, -0.25) is 4.79 Å². The molecule has 1 N–H and O–H groups in total. The van der Waals surface area contributed by atoms with Crippen LogP contribution in [0.25, 0.3) is 0 Å². The average molecular weight is 313 g/mol. The molecule has 0 aliphatic heterocycles. The lowest BCUT2D eigenvalue weighted by Crippen LogP contribution is -2.32. The summed E-state index contributed by atoms with van der Waals surface area (Å²) in [5, 5.41) is 2.77. The molecule has 2 rings (SSSR count). The number of hydrogen-bond donors (Lipinski definition) is 1. The Bertz CT molecular complexity index is 630. The molecule has 0 aliphatic rings. The molecule has 0 atom stereocenters. The molecule has 0 fully saturated rings. The number of aryl methyl sites for hydroxylation is 3. The van der Waals surface area contributed by atoms with Gasteiger partial charge in [-0.05, 0) is 56.2 Å². The number of amides is 1. The maximum atomic E-state index is 11.7. The summed E-state index contributed by atoms with van der Waals surface area (Å²) in [5.74, 6) is 1.36. The van der Waals surface area contributed by atoms with E-state index in [0.29, 0.717) is 18.9 Å². The van der Waals surface area contributed by atoms with E-state index in [0.717, 1.165) is 22.4 Å². The molecule has 4 nitrogen and oxygen atoms in total. The van der Waals surface area contributed by atoms with Crippen LogP contribution in [0.2, 0.25) is 0 Å². The number of carbonyl (C=O) groups is 1. The normalized spacial score (nSPS) is 10.2. The van der Waals surface area contributed by atoms with Crippen molar-refractivity contribution < 1.29 is 14.3 Å². The van der Waals surface area contributed by atoms with Crippen LogP contribution in [0.15, 0.2) is 42.5 Å². The summed E-state index contributed by atoms with van der Waals surface area (Å²) in [5.41, 5.74) is 3.48. The number of carbonyl (C=O) groups excluding carboxylic acids is 1. The van der Waals surface area contributed by atoms with Crippen molar-refractivity contribution in [2.24, 2.45) is 0 Å². The van der Waals surface area contributed by atoms with Crippen LogP contribution in [0.1, 0.15) is 16.7 Å².